The number of piperazine rings is 1. The SMILES string of the molecule is C[C@H](NC(=O)N1CCN(CC(=O)Nc2ccccc2C(F)(F)F)CC1)c1ccccc1Cl. The highest BCUT2D eigenvalue weighted by Crippen LogP contribution is 2.34. The van der Waals surface area contributed by atoms with Crippen LogP contribution in [0.15, 0.2) is 48.5 Å². The Morgan fingerprint density at radius 2 is 1.66 bits per heavy atom. The molecule has 1 atom stereocenters. The summed E-state index contributed by atoms with van der Waals surface area (Å²) in [5.74, 6) is -0.535. The van der Waals surface area contributed by atoms with E-state index < -0.39 is 17.6 Å². The van der Waals surface area contributed by atoms with E-state index in [-0.39, 0.29) is 24.3 Å². The zero-order valence-electron chi connectivity index (χ0n) is 17.5. The van der Waals surface area contributed by atoms with Crippen LogP contribution in [0.5, 0.6) is 0 Å². The Bertz CT molecular complexity index is 962. The van der Waals surface area contributed by atoms with Gasteiger partial charge < -0.3 is 15.5 Å². The quantitative estimate of drug-likeness (QED) is 0.684. The second-order valence-electron chi connectivity index (χ2n) is 7.55. The van der Waals surface area contributed by atoms with Crippen molar-refractivity contribution >= 4 is 29.2 Å². The summed E-state index contributed by atoms with van der Waals surface area (Å²) >= 11 is 6.18. The van der Waals surface area contributed by atoms with E-state index in [0.29, 0.717) is 31.2 Å². The first-order valence-corrected chi connectivity index (χ1v) is 10.5. The van der Waals surface area contributed by atoms with E-state index in [4.69, 9.17) is 11.6 Å². The summed E-state index contributed by atoms with van der Waals surface area (Å²) in [4.78, 5) is 28.3. The maximum Gasteiger partial charge on any atom is 0.418 e. The topological polar surface area (TPSA) is 64.7 Å². The summed E-state index contributed by atoms with van der Waals surface area (Å²) in [5, 5.41) is 5.83. The molecular formula is C22H24ClF3N4O2. The van der Waals surface area contributed by atoms with Crippen molar-refractivity contribution in [1.82, 2.24) is 15.1 Å². The summed E-state index contributed by atoms with van der Waals surface area (Å²) in [5.41, 5.74) is -0.337. The van der Waals surface area contributed by atoms with Crippen LogP contribution in [0, 0.1) is 0 Å². The molecule has 0 saturated carbocycles. The van der Waals surface area contributed by atoms with Gasteiger partial charge in [0.1, 0.15) is 0 Å². The molecule has 0 spiro atoms. The van der Waals surface area contributed by atoms with Crippen molar-refractivity contribution in [2.45, 2.75) is 19.1 Å². The predicted molar refractivity (Wildman–Crippen MR) is 116 cm³/mol. The van der Waals surface area contributed by atoms with E-state index in [1.807, 2.05) is 25.1 Å². The number of nitrogens with one attached hydrogen (secondary N) is 2. The molecule has 3 rings (SSSR count). The number of carbonyl (C=O) groups is 2. The monoisotopic (exact) mass is 468 g/mol. The molecule has 10 heteroatoms. The largest absolute Gasteiger partial charge is 0.418 e. The van der Waals surface area contributed by atoms with Crippen molar-refractivity contribution in [1.29, 1.82) is 0 Å². The molecule has 1 fully saturated rings. The number of benzene rings is 2. The molecule has 0 bridgehead atoms. The van der Waals surface area contributed by atoms with Crippen LogP contribution in [0.2, 0.25) is 5.02 Å². The minimum Gasteiger partial charge on any atom is -0.331 e. The molecule has 2 N–H and O–H groups in total. The van der Waals surface area contributed by atoms with Crippen molar-refractivity contribution in [2.24, 2.45) is 0 Å². The van der Waals surface area contributed by atoms with Gasteiger partial charge in [-0.15, -0.1) is 0 Å². The summed E-state index contributed by atoms with van der Waals surface area (Å²) in [6.45, 7) is 3.45. The third-order valence-electron chi connectivity index (χ3n) is 5.24. The van der Waals surface area contributed by atoms with Gasteiger partial charge in [-0.3, -0.25) is 9.69 Å². The van der Waals surface area contributed by atoms with E-state index in [1.165, 1.54) is 18.2 Å². The summed E-state index contributed by atoms with van der Waals surface area (Å²) in [6.07, 6.45) is -4.55. The molecule has 0 radical (unpaired) electrons. The van der Waals surface area contributed by atoms with Crippen LogP contribution < -0.4 is 10.6 Å². The van der Waals surface area contributed by atoms with Gasteiger partial charge in [0.05, 0.1) is 23.8 Å². The lowest BCUT2D eigenvalue weighted by molar-refractivity contribution is -0.137. The molecule has 1 heterocycles. The first-order chi connectivity index (χ1) is 15.1. The average molecular weight is 469 g/mol. The Labute approximate surface area is 189 Å². The Hall–Kier alpha value is -2.78. The third-order valence-corrected chi connectivity index (χ3v) is 5.59. The van der Waals surface area contributed by atoms with Crippen LogP contribution in [0.1, 0.15) is 24.1 Å². The Kier molecular flexibility index (Phi) is 7.63. The summed E-state index contributed by atoms with van der Waals surface area (Å²) in [6, 6.07) is 11.6. The Balaban J connectivity index is 1.48. The zero-order chi connectivity index (χ0) is 23.3. The van der Waals surface area contributed by atoms with E-state index in [2.05, 4.69) is 10.6 Å². The molecule has 0 aromatic heterocycles. The molecule has 1 aliphatic heterocycles. The molecule has 6 nitrogen and oxygen atoms in total. The Morgan fingerprint density at radius 3 is 2.31 bits per heavy atom. The number of hydrogen-bond donors (Lipinski definition) is 2. The fourth-order valence-corrected chi connectivity index (χ4v) is 3.82. The van der Waals surface area contributed by atoms with Crippen molar-refractivity contribution in [2.75, 3.05) is 38.0 Å². The van der Waals surface area contributed by atoms with E-state index >= 15 is 0 Å². The van der Waals surface area contributed by atoms with Crippen LogP contribution in [-0.4, -0.2) is 54.5 Å². The average Bonchev–Trinajstić information content (AvgIpc) is 2.74. The molecular weight excluding hydrogens is 445 g/mol. The number of alkyl halides is 3. The van der Waals surface area contributed by atoms with Crippen molar-refractivity contribution in [3.05, 3.63) is 64.7 Å². The summed E-state index contributed by atoms with van der Waals surface area (Å²) in [7, 11) is 0. The first-order valence-electron chi connectivity index (χ1n) is 10.1. The number of halogens is 4. The smallest absolute Gasteiger partial charge is 0.331 e. The standard InChI is InChI=1S/C22H24ClF3N4O2/c1-15(16-6-2-4-8-18(16)23)27-21(32)30-12-10-29(11-13-30)14-20(31)28-19-9-5-3-7-17(19)22(24,25)26/h2-9,15H,10-14H2,1H3,(H,27,32)(H,28,31)/t15-/m0/s1. The van der Waals surface area contributed by atoms with E-state index in [0.717, 1.165) is 11.6 Å². The molecule has 1 saturated heterocycles. The number of hydrogen-bond acceptors (Lipinski definition) is 3. The van der Waals surface area contributed by atoms with E-state index in [9.17, 15) is 22.8 Å². The highest BCUT2D eigenvalue weighted by Gasteiger charge is 2.33. The molecule has 32 heavy (non-hydrogen) atoms. The number of nitrogens with zero attached hydrogens (tertiary/aromatic N) is 2. The van der Waals surface area contributed by atoms with Gasteiger partial charge in [0, 0.05) is 31.2 Å². The van der Waals surface area contributed by atoms with Crippen LogP contribution in [0.25, 0.3) is 0 Å². The molecule has 1 aliphatic rings. The molecule has 3 amide bonds. The Morgan fingerprint density at radius 1 is 1.03 bits per heavy atom. The van der Waals surface area contributed by atoms with Gasteiger partial charge in [0.2, 0.25) is 5.91 Å². The highest BCUT2D eigenvalue weighted by molar-refractivity contribution is 6.31. The molecule has 0 aliphatic carbocycles. The third kappa shape index (κ3) is 6.14. The summed E-state index contributed by atoms with van der Waals surface area (Å²) < 4.78 is 39.3. The highest BCUT2D eigenvalue weighted by atomic mass is 35.5. The maximum absolute atomic E-state index is 13.1. The number of rotatable bonds is 5. The van der Waals surface area contributed by atoms with Gasteiger partial charge in [-0.05, 0) is 30.7 Å². The minimum atomic E-state index is -4.55. The molecule has 2 aromatic carbocycles. The number of amides is 3. The van der Waals surface area contributed by atoms with Crippen molar-refractivity contribution in [3.63, 3.8) is 0 Å². The maximum atomic E-state index is 13.1. The van der Waals surface area contributed by atoms with Gasteiger partial charge in [0.25, 0.3) is 0 Å². The molecule has 2 aromatic rings. The fraction of sp³-hybridized carbons (Fsp3) is 0.364. The lowest BCUT2D eigenvalue weighted by Gasteiger charge is -2.35. The van der Waals surface area contributed by atoms with Gasteiger partial charge in [-0.25, -0.2) is 4.79 Å². The van der Waals surface area contributed by atoms with Gasteiger partial charge in [-0.2, -0.15) is 13.2 Å². The molecule has 172 valence electrons. The number of carbonyl (C=O) groups excluding carboxylic acids is 2. The van der Waals surface area contributed by atoms with Gasteiger partial charge >= 0.3 is 12.2 Å². The second kappa shape index (κ2) is 10.2. The van der Waals surface area contributed by atoms with Crippen molar-refractivity contribution in [3.8, 4) is 0 Å². The molecule has 0 unspecified atom stereocenters. The lowest BCUT2D eigenvalue weighted by atomic mass is 10.1. The van der Waals surface area contributed by atoms with Crippen LogP contribution >= 0.6 is 11.6 Å². The normalized spacial score (nSPS) is 15.8. The van der Waals surface area contributed by atoms with Crippen LogP contribution in [-0.2, 0) is 11.0 Å². The number of para-hydroxylation sites is 1. The zero-order valence-corrected chi connectivity index (χ0v) is 18.2. The van der Waals surface area contributed by atoms with Crippen molar-refractivity contribution < 1.29 is 22.8 Å². The fourth-order valence-electron chi connectivity index (χ4n) is 3.52. The van der Waals surface area contributed by atoms with E-state index in [1.54, 1.807) is 15.9 Å². The number of anilines is 1. The second-order valence-corrected chi connectivity index (χ2v) is 7.95. The number of urea groups is 1. The lowest BCUT2D eigenvalue weighted by Crippen LogP contribution is -2.53. The van der Waals surface area contributed by atoms with Gasteiger partial charge in [-0.1, -0.05) is 41.9 Å². The minimum absolute atomic E-state index is 0.0579. The first kappa shape index (κ1) is 23.9. The predicted octanol–water partition coefficient (Wildman–Crippen LogP) is 4.39. The van der Waals surface area contributed by atoms with Gasteiger partial charge in [0.15, 0.2) is 0 Å². The van der Waals surface area contributed by atoms with Crippen LogP contribution in [0.4, 0.5) is 23.7 Å². The van der Waals surface area contributed by atoms with Crippen LogP contribution in [0.3, 0.4) is 0 Å².